The van der Waals surface area contributed by atoms with E-state index in [0.717, 1.165) is 19.5 Å². The first-order valence-corrected chi connectivity index (χ1v) is 8.68. The van der Waals surface area contributed by atoms with Crippen LogP contribution in [0.15, 0.2) is 30.3 Å². The van der Waals surface area contributed by atoms with Crippen LogP contribution in [0.1, 0.15) is 65.4 Å². The van der Waals surface area contributed by atoms with Crippen LogP contribution in [0.2, 0.25) is 0 Å². The lowest BCUT2D eigenvalue weighted by Crippen LogP contribution is -2.55. The number of hydrogen-bond acceptors (Lipinski definition) is 2. The van der Waals surface area contributed by atoms with Crippen LogP contribution in [0.4, 0.5) is 0 Å². The average Bonchev–Trinajstić information content (AvgIpc) is 2.52. The van der Waals surface area contributed by atoms with E-state index in [2.05, 4.69) is 62.9 Å². The highest BCUT2D eigenvalue weighted by molar-refractivity contribution is 5.26. The Bertz CT molecular complexity index is 370. The molecule has 2 nitrogen and oxygen atoms in total. The van der Waals surface area contributed by atoms with Gasteiger partial charge in [-0.1, -0.05) is 63.9 Å². The average molecular weight is 290 g/mol. The van der Waals surface area contributed by atoms with Crippen LogP contribution in [-0.2, 0) is 5.54 Å². The topological polar surface area (TPSA) is 29.3 Å². The molecule has 0 amide bonds. The maximum atomic E-state index is 6.97. The van der Waals surface area contributed by atoms with Crippen molar-refractivity contribution in [2.24, 2.45) is 5.73 Å². The quantitative estimate of drug-likeness (QED) is 0.685. The van der Waals surface area contributed by atoms with Gasteiger partial charge in [0.2, 0.25) is 0 Å². The zero-order valence-electron chi connectivity index (χ0n) is 14.4. The molecule has 0 heterocycles. The van der Waals surface area contributed by atoms with Gasteiger partial charge in [0, 0.05) is 6.04 Å². The molecule has 0 saturated carbocycles. The lowest BCUT2D eigenvalue weighted by molar-refractivity contribution is 0.122. The molecule has 2 unspecified atom stereocenters. The van der Waals surface area contributed by atoms with E-state index >= 15 is 0 Å². The Morgan fingerprint density at radius 3 is 2.05 bits per heavy atom. The molecular weight excluding hydrogens is 256 g/mol. The highest BCUT2D eigenvalue weighted by atomic mass is 15.2. The number of unbranched alkanes of at least 4 members (excludes halogenated alkanes) is 1. The Kier molecular flexibility index (Phi) is 7.98. The second-order valence-corrected chi connectivity index (χ2v) is 6.22. The zero-order chi connectivity index (χ0) is 15.7. The van der Waals surface area contributed by atoms with Crippen molar-refractivity contribution in [3.63, 3.8) is 0 Å². The highest BCUT2D eigenvalue weighted by Crippen LogP contribution is 2.31. The van der Waals surface area contributed by atoms with Crippen LogP contribution >= 0.6 is 0 Å². The Balaban J connectivity index is 3.04. The van der Waals surface area contributed by atoms with E-state index in [4.69, 9.17) is 5.73 Å². The van der Waals surface area contributed by atoms with Crippen molar-refractivity contribution in [2.75, 3.05) is 13.1 Å². The first-order chi connectivity index (χ1) is 10.1. The van der Waals surface area contributed by atoms with Gasteiger partial charge in [-0.2, -0.15) is 0 Å². The van der Waals surface area contributed by atoms with Gasteiger partial charge in [0.1, 0.15) is 0 Å². The van der Waals surface area contributed by atoms with Crippen LogP contribution in [0.3, 0.4) is 0 Å². The highest BCUT2D eigenvalue weighted by Gasteiger charge is 2.36. The van der Waals surface area contributed by atoms with Crippen molar-refractivity contribution in [3.8, 4) is 0 Å². The Labute approximate surface area is 131 Å². The van der Waals surface area contributed by atoms with Gasteiger partial charge in [0.25, 0.3) is 0 Å². The van der Waals surface area contributed by atoms with Crippen LogP contribution in [-0.4, -0.2) is 24.0 Å². The predicted molar refractivity (Wildman–Crippen MR) is 93.4 cm³/mol. The molecule has 1 rings (SSSR count). The summed E-state index contributed by atoms with van der Waals surface area (Å²) in [6.45, 7) is 11.3. The summed E-state index contributed by atoms with van der Waals surface area (Å²) in [5, 5.41) is 0. The molecule has 0 bridgehead atoms. The van der Waals surface area contributed by atoms with Crippen molar-refractivity contribution in [1.29, 1.82) is 0 Å². The third-order valence-corrected chi connectivity index (χ3v) is 4.57. The van der Waals surface area contributed by atoms with E-state index in [-0.39, 0.29) is 5.54 Å². The van der Waals surface area contributed by atoms with Gasteiger partial charge in [-0.25, -0.2) is 0 Å². The molecule has 0 aromatic heterocycles. The molecule has 0 aliphatic carbocycles. The minimum Gasteiger partial charge on any atom is -0.320 e. The third kappa shape index (κ3) is 4.82. The van der Waals surface area contributed by atoms with Gasteiger partial charge in [0.05, 0.1) is 5.54 Å². The van der Waals surface area contributed by atoms with Crippen molar-refractivity contribution in [1.82, 2.24) is 4.90 Å². The van der Waals surface area contributed by atoms with Crippen LogP contribution in [0.25, 0.3) is 0 Å². The van der Waals surface area contributed by atoms with Gasteiger partial charge in [-0.15, -0.1) is 0 Å². The molecule has 0 fully saturated rings. The first-order valence-electron chi connectivity index (χ1n) is 8.68. The SMILES string of the molecule is CCCCC(N)(c1ccccc1)C(C)N(CCC)CCC. The van der Waals surface area contributed by atoms with Gasteiger partial charge >= 0.3 is 0 Å². The smallest absolute Gasteiger partial charge is 0.0564 e. The number of nitrogens with two attached hydrogens (primary N) is 1. The van der Waals surface area contributed by atoms with Crippen molar-refractivity contribution < 1.29 is 0 Å². The van der Waals surface area contributed by atoms with Gasteiger partial charge in [-0.3, -0.25) is 4.90 Å². The lowest BCUT2D eigenvalue weighted by atomic mass is 9.79. The molecule has 0 radical (unpaired) electrons. The Morgan fingerprint density at radius 1 is 1.00 bits per heavy atom. The summed E-state index contributed by atoms with van der Waals surface area (Å²) in [5.41, 5.74) is 8.00. The second-order valence-electron chi connectivity index (χ2n) is 6.22. The van der Waals surface area contributed by atoms with Crippen LogP contribution < -0.4 is 5.73 Å². The van der Waals surface area contributed by atoms with Crippen molar-refractivity contribution >= 4 is 0 Å². The monoisotopic (exact) mass is 290 g/mol. The maximum Gasteiger partial charge on any atom is 0.0564 e. The number of nitrogens with zero attached hydrogens (tertiary/aromatic N) is 1. The largest absolute Gasteiger partial charge is 0.320 e. The third-order valence-electron chi connectivity index (χ3n) is 4.57. The Hall–Kier alpha value is -0.860. The standard InChI is InChI=1S/C19H34N2/c1-5-8-14-19(20,18-12-10-9-11-13-18)17(4)21(15-6-2)16-7-3/h9-13,17H,5-8,14-16,20H2,1-4H3. The molecule has 1 aromatic carbocycles. The zero-order valence-corrected chi connectivity index (χ0v) is 14.4. The molecule has 1 aromatic rings. The Morgan fingerprint density at radius 2 is 1.57 bits per heavy atom. The summed E-state index contributed by atoms with van der Waals surface area (Å²) in [5.74, 6) is 0. The molecule has 21 heavy (non-hydrogen) atoms. The van der Waals surface area contributed by atoms with Gasteiger partial charge in [-0.05, 0) is 44.8 Å². The van der Waals surface area contributed by atoms with Crippen LogP contribution in [0, 0.1) is 0 Å². The first kappa shape index (κ1) is 18.2. The minimum absolute atomic E-state index is 0.248. The second kappa shape index (κ2) is 9.22. The van der Waals surface area contributed by atoms with E-state index in [1.165, 1.54) is 31.2 Å². The predicted octanol–water partition coefficient (Wildman–Crippen LogP) is 4.54. The fourth-order valence-corrected chi connectivity index (χ4v) is 3.21. The number of benzene rings is 1. The molecule has 2 atom stereocenters. The molecule has 0 aliphatic heterocycles. The van der Waals surface area contributed by atoms with Crippen molar-refractivity contribution in [3.05, 3.63) is 35.9 Å². The van der Waals surface area contributed by atoms with Crippen LogP contribution in [0.5, 0.6) is 0 Å². The van der Waals surface area contributed by atoms with Crippen molar-refractivity contribution in [2.45, 2.75) is 71.4 Å². The fraction of sp³-hybridized carbons (Fsp3) is 0.684. The van der Waals surface area contributed by atoms with E-state index in [0.29, 0.717) is 6.04 Å². The van der Waals surface area contributed by atoms with E-state index in [1.807, 2.05) is 0 Å². The van der Waals surface area contributed by atoms with E-state index in [9.17, 15) is 0 Å². The summed E-state index contributed by atoms with van der Waals surface area (Å²) in [7, 11) is 0. The maximum absolute atomic E-state index is 6.97. The molecule has 2 heteroatoms. The van der Waals surface area contributed by atoms with Gasteiger partial charge < -0.3 is 5.73 Å². The summed E-state index contributed by atoms with van der Waals surface area (Å²) in [4.78, 5) is 2.57. The van der Waals surface area contributed by atoms with Gasteiger partial charge in [0.15, 0.2) is 0 Å². The minimum atomic E-state index is -0.248. The molecule has 120 valence electrons. The normalized spacial score (nSPS) is 15.9. The van der Waals surface area contributed by atoms with E-state index in [1.54, 1.807) is 0 Å². The molecule has 2 N–H and O–H groups in total. The molecule has 0 spiro atoms. The number of rotatable bonds is 10. The molecular formula is C19H34N2. The summed E-state index contributed by atoms with van der Waals surface area (Å²) < 4.78 is 0. The summed E-state index contributed by atoms with van der Waals surface area (Å²) >= 11 is 0. The summed E-state index contributed by atoms with van der Waals surface area (Å²) in [6, 6.07) is 11.1. The lowest BCUT2D eigenvalue weighted by Gasteiger charge is -2.43. The number of hydrogen-bond donors (Lipinski definition) is 1. The fourth-order valence-electron chi connectivity index (χ4n) is 3.21. The molecule has 0 aliphatic rings. The summed E-state index contributed by atoms with van der Waals surface area (Å²) in [6.07, 6.45) is 5.80. The van der Waals surface area contributed by atoms with E-state index < -0.39 is 0 Å². The molecule has 0 saturated heterocycles.